The molecule has 1 atom stereocenters. The molecule has 0 aliphatic heterocycles. The highest BCUT2D eigenvalue weighted by Gasteiger charge is 2.05. The number of rotatable bonds is 4. The summed E-state index contributed by atoms with van der Waals surface area (Å²) in [5.74, 6) is 0.759. The quantitative estimate of drug-likeness (QED) is 0.760. The van der Waals surface area contributed by atoms with Gasteiger partial charge in [-0.2, -0.15) is 0 Å². The van der Waals surface area contributed by atoms with E-state index in [1.807, 2.05) is 27.9 Å². The van der Waals surface area contributed by atoms with Gasteiger partial charge < -0.3 is 10.1 Å². The molecule has 0 amide bonds. The molecule has 2 heteroatoms. The van der Waals surface area contributed by atoms with Crippen molar-refractivity contribution in [3.05, 3.63) is 0 Å². The third-order valence-corrected chi connectivity index (χ3v) is 1.52. The van der Waals surface area contributed by atoms with Crippen molar-refractivity contribution in [3.63, 3.8) is 0 Å². The molecule has 0 aromatic carbocycles. The number of hydrogen-bond acceptors (Lipinski definition) is 2. The van der Waals surface area contributed by atoms with Gasteiger partial charge >= 0.3 is 0 Å². The predicted molar refractivity (Wildman–Crippen MR) is 66.9 cm³/mol. The van der Waals surface area contributed by atoms with Gasteiger partial charge in [0.1, 0.15) is 0 Å². The van der Waals surface area contributed by atoms with E-state index < -0.39 is 0 Å². The topological polar surface area (TPSA) is 21.3 Å². The molecule has 0 spiro atoms. The van der Waals surface area contributed by atoms with E-state index in [0.29, 0.717) is 6.10 Å². The Labute approximate surface area is 91.4 Å². The fourth-order valence-corrected chi connectivity index (χ4v) is 0.955. The van der Waals surface area contributed by atoms with Gasteiger partial charge in [-0.25, -0.2) is 0 Å². The van der Waals surface area contributed by atoms with Crippen LogP contribution in [0.15, 0.2) is 0 Å². The smallest absolute Gasteiger partial charge is 0.0571 e. The van der Waals surface area contributed by atoms with Crippen molar-refractivity contribution in [2.45, 2.75) is 53.6 Å². The third-order valence-electron chi connectivity index (χ3n) is 1.52. The van der Waals surface area contributed by atoms with E-state index in [1.54, 1.807) is 7.11 Å². The molecule has 0 heterocycles. The Kier molecular flexibility index (Phi) is 26.0. The number of ether oxygens (including phenoxy) is 1. The van der Waals surface area contributed by atoms with Gasteiger partial charge in [0.2, 0.25) is 0 Å². The molecule has 0 saturated heterocycles. The molecule has 0 aliphatic carbocycles. The SMILES string of the molecule is CC.CC[C@H](CC(C)C)OC.CNC. The Bertz CT molecular complexity index is 70.7. The van der Waals surface area contributed by atoms with Crippen molar-refractivity contribution in [1.29, 1.82) is 0 Å². The second-order valence-electron chi connectivity index (χ2n) is 3.40. The van der Waals surface area contributed by atoms with Crippen molar-refractivity contribution in [2.24, 2.45) is 5.92 Å². The van der Waals surface area contributed by atoms with Gasteiger partial charge in [0.15, 0.2) is 0 Å². The van der Waals surface area contributed by atoms with E-state index in [-0.39, 0.29) is 0 Å². The van der Waals surface area contributed by atoms with Crippen LogP contribution in [0.3, 0.4) is 0 Å². The van der Waals surface area contributed by atoms with E-state index in [4.69, 9.17) is 4.74 Å². The van der Waals surface area contributed by atoms with Gasteiger partial charge in [0.05, 0.1) is 6.10 Å². The maximum absolute atomic E-state index is 5.21. The zero-order valence-corrected chi connectivity index (χ0v) is 11.5. The molecule has 0 aromatic heterocycles. The lowest BCUT2D eigenvalue weighted by Gasteiger charge is -2.14. The lowest BCUT2D eigenvalue weighted by Crippen LogP contribution is -2.11. The Balaban J connectivity index is -0.000000205. The molecule has 0 saturated carbocycles. The lowest BCUT2D eigenvalue weighted by molar-refractivity contribution is 0.0815. The summed E-state index contributed by atoms with van der Waals surface area (Å²) in [4.78, 5) is 0. The van der Waals surface area contributed by atoms with Crippen LogP contribution in [0.1, 0.15) is 47.5 Å². The third kappa shape index (κ3) is 22.7. The van der Waals surface area contributed by atoms with E-state index in [1.165, 1.54) is 6.42 Å². The summed E-state index contributed by atoms with van der Waals surface area (Å²) in [5.41, 5.74) is 0. The highest BCUT2D eigenvalue weighted by molar-refractivity contribution is 4.56. The first-order chi connectivity index (χ1) is 6.62. The summed E-state index contributed by atoms with van der Waals surface area (Å²) in [6.45, 7) is 10.6. The minimum absolute atomic E-state index is 0.477. The molecule has 0 radical (unpaired) electrons. The summed E-state index contributed by atoms with van der Waals surface area (Å²) in [6, 6.07) is 0. The maximum Gasteiger partial charge on any atom is 0.0571 e. The Morgan fingerprint density at radius 2 is 1.50 bits per heavy atom. The van der Waals surface area contributed by atoms with Crippen molar-refractivity contribution < 1.29 is 4.74 Å². The molecular formula is C12H31NO. The minimum Gasteiger partial charge on any atom is -0.381 e. The Morgan fingerprint density at radius 3 is 1.57 bits per heavy atom. The van der Waals surface area contributed by atoms with Crippen LogP contribution in [0.25, 0.3) is 0 Å². The summed E-state index contributed by atoms with van der Waals surface area (Å²) < 4.78 is 5.21. The van der Waals surface area contributed by atoms with Crippen LogP contribution < -0.4 is 5.32 Å². The van der Waals surface area contributed by atoms with Crippen molar-refractivity contribution >= 4 is 0 Å². The number of hydrogen-bond donors (Lipinski definition) is 1. The second-order valence-corrected chi connectivity index (χ2v) is 3.40. The van der Waals surface area contributed by atoms with Crippen molar-refractivity contribution in [3.8, 4) is 0 Å². The molecule has 0 aliphatic rings. The summed E-state index contributed by atoms with van der Waals surface area (Å²) >= 11 is 0. The fourth-order valence-electron chi connectivity index (χ4n) is 0.955. The van der Waals surface area contributed by atoms with Crippen LogP contribution in [0.4, 0.5) is 0 Å². The second kappa shape index (κ2) is 18.7. The molecule has 2 nitrogen and oxygen atoms in total. The van der Waals surface area contributed by atoms with Crippen LogP contribution in [-0.2, 0) is 4.74 Å². The minimum atomic E-state index is 0.477. The molecule has 14 heavy (non-hydrogen) atoms. The van der Waals surface area contributed by atoms with Crippen LogP contribution in [0.2, 0.25) is 0 Å². The zero-order valence-electron chi connectivity index (χ0n) is 11.5. The molecule has 0 rings (SSSR count). The normalized spacial score (nSPS) is 10.9. The van der Waals surface area contributed by atoms with Crippen molar-refractivity contribution in [1.82, 2.24) is 5.32 Å². The van der Waals surface area contributed by atoms with Crippen molar-refractivity contribution in [2.75, 3.05) is 21.2 Å². The van der Waals surface area contributed by atoms with Crippen LogP contribution in [-0.4, -0.2) is 27.3 Å². The first-order valence-electron chi connectivity index (χ1n) is 5.73. The largest absolute Gasteiger partial charge is 0.381 e. The van der Waals surface area contributed by atoms with E-state index >= 15 is 0 Å². The van der Waals surface area contributed by atoms with E-state index in [9.17, 15) is 0 Å². The van der Waals surface area contributed by atoms with Gasteiger partial charge in [-0.05, 0) is 32.9 Å². The van der Waals surface area contributed by atoms with Crippen LogP contribution >= 0.6 is 0 Å². The van der Waals surface area contributed by atoms with E-state index in [0.717, 1.165) is 12.3 Å². The van der Waals surface area contributed by atoms with Gasteiger partial charge in [-0.15, -0.1) is 0 Å². The lowest BCUT2D eigenvalue weighted by atomic mass is 10.0. The van der Waals surface area contributed by atoms with Gasteiger partial charge in [0, 0.05) is 7.11 Å². The molecule has 0 aromatic rings. The molecule has 0 fully saturated rings. The maximum atomic E-state index is 5.21. The molecular weight excluding hydrogens is 174 g/mol. The Hall–Kier alpha value is -0.0800. The Morgan fingerprint density at radius 1 is 1.14 bits per heavy atom. The molecule has 1 N–H and O–H groups in total. The first-order valence-corrected chi connectivity index (χ1v) is 5.73. The van der Waals surface area contributed by atoms with Crippen LogP contribution in [0, 0.1) is 5.92 Å². The first kappa shape index (κ1) is 19.5. The summed E-state index contributed by atoms with van der Waals surface area (Å²) in [7, 11) is 5.54. The van der Waals surface area contributed by atoms with E-state index in [2.05, 4.69) is 26.1 Å². The molecule has 90 valence electrons. The monoisotopic (exact) mass is 205 g/mol. The summed E-state index contributed by atoms with van der Waals surface area (Å²) in [6.07, 6.45) is 2.80. The molecule has 0 bridgehead atoms. The standard InChI is InChI=1S/C8H18O.C2H7N.C2H6/c1-5-8(9-4)6-7(2)3;1-3-2;1-2/h7-8H,5-6H2,1-4H3;3H,1-2H3;1-2H3/t8-;;/m1../s1. The average Bonchev–Trinajstić information content (AvgIpc) is 2.18. The van der Waals surface area contributed by atoms with Gasteiger partial charge in [0.25, 0.3) is 0 Å². The fraction of sp³-hybridized carbons (Fsp3) is 1.00. The van der Waals surface area contributed by atoms with Gasteiger partial charge in [-0.1, -0.05) is 34.6 Å². The highest BCUT2D eigenvalue weighted by Crippen LogP contribution is 2.09. The summed E-state index contributed by atoms with van der Waals surface area (Å²) in [5, 5.41) is 2.75. The zero-order chi connectivity index (χ0) is 12.0. The highest BCUT2D eigenvalue weighted by atomic mass is 16.5. The molecule has 0 unspecified atom stereocenters. The number of methoxy groups -OCH3 is 1. The van der Waals surface area contributed by atoms with Gasteiger partial charge in [-0.3, -0.25) is 0 Å². The average molecular weight is 205 g/mol. The predicted octanol–water partition coefficient (Wildman–Crippen LogP) is 3.32. The number of nitrogens with one attached hydrogen (secondary N) is 1. The van der Waals surface area contributed by atoms with Crippen LogP contribution in [0.5, 0.6) is 0 Å².